The van der Waals surface area contributed by atoms with E-state index in [1.807, 2.05) is 30.3 Å². The Labute approximate surface area is 78.7 Å². The van der Waals surface area contributed by atoms with Crippen LogP contribution in [-0.4, -0.2) is 11.7 Å². The largest absolute Gasteiger partial charge is 0.394 e. The third-order valence-corrected chi connectivity index (χ3v) is 2.14. The molecule has 3 N–H and O–H groups in total. The summed E-state index contributed by atoms with van der Waals surface area (Å²) >= 11 is 0. The maximum Gasteiger partial charge on any atom is 0.0678 e. The fourth-order valence-corrected chi connectivity index (χ4v) is 1.30. The van der Waals surface area contributed by atoms with Crippen LogP contribution in [0.2, 0.25) is 0 Å². The first kappa shape index (κ1) is 9.96. The molecular weight excluding hydrogens is 162 g/mol. The standard InChI is InChI=1S/C11H15NO/c1-2-8-11(12,9-13)10-6-4-3-5-7-10/h2-7,13H,1,8-9,12H2. The first-order valence-electron chi connectivity index (χ1n) is 4.29. The topological polar surface area (TPSA) is 46.2 Å². The summed E-state index contributed by atoms with van der Waals surface area (Å²) in [6.45, 7) is 3.56. The third kappa shape index (κ3) is 2.17. The van der Waals surface area contributed by atoms with Gasteiger partial charge >= 0.3 is 0 Å². The Morgan fingerprint density at radius 2 is 2.00 bits per heavy atom. The van der Waals surface area contributed by atoms with Crippen molar-refractivity contribution in [1.82, 2.24) is 0 Å². The van der Waals surface area contributed by atoms with Crippen molar-refractivity contribution in [2.75, 3.05) is 6.61 Å². The Bertz CT molecular complexity index is 271. The van der Waals surface area contributed by atoms with Gasteiger partial charge in [0.25, 0.3) is 0 Å². The van der Waals surface area contributed by atoms with E-state index in [2.05, 4.69) is 6.58 Å². The molecule has 0 aliphatic rings. The number of benzene rings is 1. The Balaban J connectivity index is 2.95. The molecule has 0 spiro atoms. The summed E-state index contributed by atoms with van der Waals surface area (Å²) in [5, 5.41) is 9.20. The molecule has 70 valence electrons. The fourth-order valence-electron chi connectivity index (χ4n) is 1.30. The molecule has 2 nitrogen and oxygen atoms in total. The molecule has 0 heterocycles. The van der Waals surface area contributed by atoms with Gasteiger partial charge in [-0.25, -0.2) is 0 Å². The number of aliphatic hydroxyl groups is 1. The zero-order valence-corrected chi connectivity index (χ0v) is 7.61. The molecule has 1 aromatic carbocycles. The van der Waals surface area contributed by atoms with Gasteiger partial charge in [-0.05, 0) is 12.0 Å². The Kier molecular flexibility index (Phi) is 3.23. The van der Waals surface area contributed by atoms with E-state index >= 15 is 0 Å². The molecule has 0 fully saturated rings. The van der Waals surface area contributed by atoms with Gasteiger partial charge in [0, 0.05) is 0 Å². The molecule has 0 aliphatic carbocycles. The van der Waals surface area contributed by atoms with Gasteiger partial charge in [0.1, 0.15) is 0 Å². The second kappa shape index (κ2) is 4.21. The second-order valence-corrected chi connectivity index (χ2v) is 3.17. The minimum absolute atomic E-state index is 0.0664. The van der Waals surface area contributed by atoms with Crippen molar-refractivity contribution >= 4 is 0 Å². The third-order valence-electron chi connectivity index (χ3n) is 2.14. The maximum atomic E-state index is 9.20. The molecule has 1 aromatic rings. The van der Waals surface area contributed by atoms with Crippen molar-refractivity contribution < 1.29 is 5.11 Å². The van der Waals surface area contributed by atoms with E-state index in [0.717, 1.165) is 5.56 Å². The summed E-state index contributed by atoms with van der Waals surface area (Å²) in [7, 11) is 0. The summed E-state index contributed by atoms with van der Waals surface area (Å²) in [4.78, 5) is 0. The summed E-state index contributed by atoms with van der Waals surface area (Å²) in [6, 6.07) is 9.58. The van der Waals surface area contributed by atoms with Crippen molar-refractivity contribution in [3.05, 3.63) is 48.6 Å². The van der Waals surface area contributed by atoms with Crippen LogP contribution < -0.4 is 5.73 Å². The SMILES string of the molecule is C=CCC(N)(CO)c1ccccc1. The van der Waals surface area contributed by atoms with Crippen molar-refractivity contribution in [2.45, 2.75) is 12.0 Å². The number of aliphatic hydroxyl groups excluding tert-OH is 1. The zero-order chi connectivity index (χ0) is 9.73. The van der Waals surface area contributed by atoms with Gasteiger partial charge in [-0.3, -0.25) is 0 Å². The van der Waals surface area contributed by atoms with E-state index in [9.17, 15) is 5.11 Å². The van der Waals surface area contributed by atoms with Crippen LogP contribution in [-0.2, 0) is 5.54 Å². The molecule has 1 unspecified atom stereocenters. The lowest BCUT2D eigenvalue weighted by molar-refractivity contribution is 0.198. The molecule has 0 saturated carbocycles. The van der Waals surface area contributed by atoms with Crippen LogP contribution in [0.5, 0.6) is 0 Å². The lowest BCUT2D eigenvalue weighted by Gasteiger charge is -2.26. The minimum atomic E-state index is -0.678. The average molecular weight is 177 g/mol. The zero-order valence-electron chi connectivity index (χ0n) is 7.61. The number of hydrogen-bond donors (Lipinski definition) is 2. The number of nitrogens with two attached hydrogens (primary N) is 1. The van der Waals surface area contributed by atoms with Gasteiger partial charge < -0.3 is 10.8 Å². The Morgan fingerprint density at radius 3 is 2.46 bits per heavy atom. The van der Waals surface area contributed by atoms with Crippen LogP contribution in [0.15, 0.2) is 43.0 Å². The molecule has 0 amide bonds. The number of hydrogen-bond acceptors (Lipinski definition) is 2. The molecule has 1 rings (SSSR count). The highest BCUT2D eigenvalue weighted by atomic mass is 16.3. The van der Waals surface area contributed by atoms with Crippen LogP contribution in [0.3, 0.4) is 0 Å². The quantitative estimate of drug-likeness (QED) is 0.683. The van der Waals surface area contributed by atoms with Crippen molar-refractivity contribution in [3.8, 4) is 0 Å². The van der Waals surface area contributed by atoms with Crippen LogP contribution in [0.25, 0.3) is 0 Å². The van der Waals surface area contributed by atoms with E-state index in [-0.39, 0.29) is 6.61 Å². The van der Waals surface area contributed by atoms with Crippen LogP contribution in [0, 0.1) is 0 Å². The van der Waals surface area contributed by atoms with E-state index in [1.54, 1.807) is 6.08 Å². The molecule has 0 radical (unpaired) electrons. The average Bonchev–Trinajstić information content (AvgIpc) is 2.19. The van der Waals surface area contributed by atoms with Crippen LogP contribution in [0.1, 0.15) is 12.0 Å². The minimum Gasteiger partial charge on any atom is -0.394 e. The van der Waals surface area contributed by atoms with Gasteiger partial charge in [-0.2, -0.15) is 0 Å². The van der Waals surface area contributed by atoms with Crippen molar-refractivity contribution in [3.63, 3.8) is 0 Å². The molecule has 2 heteroatoms. The normalized spacial score (nSPS) is 14.9. The van der Waals surface area contributed by atoms with Gasteiger partial charge in [0.05, 0.1) is 12.1 Å². The van der Waals surface area contributed by atoms with E-state index in [0.29, 0.717) is 6.42 Å². The molecule has 1 atom stereocenters. The lowest BCUT2D eigenvalue weighted by Crippen LogP contribution is -2.39. The van der Waals surface area contributed by atoms with Crippen LogP contribution >= 0.6 is 0 Å². The Hall–Kier alpha value is -1.12. The summed E-state index contributed by atoms with van der Waals surface area (Å²) < 4.78 is 0. The van der Waals surface area contributed by atoms with Gasteiger partial charge in [-0.1, -0.05) is 36.4 Å². The van der Waals surface area contributed by atoms with Crippen molar-refractivity contribution in [2.24, 2.45) is 5.73 Å². The van der Waals surface area contributed by atoms with Gasteiger partial charge in [-0.15, -0.1) is 6.58 Å². The highest BCUT2D eigenvalue weighted by Gasteiger charge is 2.24. The molecule has 0 bridgehead atoms. The highest BCUT2D eigenvalue weighted by Crippen LogP contribution is 2.21. The summed E-state index contributed by atoms with van der Waals surface area (Å²) in [6.07, 6.45) is 2.30. The predicted octanol–water partition coefficient (Wildman–Crippen LogP) is 1.41. The molecule has 0 aliphatic heterocycles. The van der Waals surface area contributed by atoms with Gasteiger partial charge in [0.2, 0.25) is 0 Å². The fraction of sp³-hybridized carbons (Fsp3) is 0.273. The van der Waals surface area contributed by atoms with E-state index < -0.39 is 5.54 Å². The molecule has 0 saturated heterocycles. The van der Waals surface area contributed by atoms with E-state index in [1.165, 1.54) is 0 Å². The Morgan fingerprint density at radius 1 is 1.38 bits per heavy atom. The molecular formula is C11H15NO. The first-order valence-corrected chi connectivity index (χ1v) is 4.29. The molecule has 0 aromatic heterocycles. The summed E-state index contributed by atoms with van der Waals surface area (Å²) in [5.41, 5.74) is 6.27. The van der Waals surface area contributed by atoms with Crippen LogP contribution in [0.4, 0.5) is 0 Å². The predicted molar refractivity (Wildman–Crippen MR) is 54.2 cm³/mol. The smallest absolute Gasteiger partial charge is 0.0678 e. The van der Waals surface area contributed by atoms with Crippen molar-refractivity contribution in [1.29, 1.82) is 0 Å². The monoisotopic (exact) mass is 177 g/mol. The highest BCUT2D eigenvalue weighted by molar-refractivity contribution is 5.24. The summed E-state index contributed by atoms with van der Waals surface area (Å²) in [5.74, 6) is 0. The second-order valence-electron chi connectivity index (χ2n) is 3.17. The van der Waals surface area contributed by atoms with Gasteiger partial charge in [0.15, 0.2) is 0 Å². The van der Waals surface area contributed by atoms with E-state index in [4.69, 9.17) is 5.73 Å². The number of rotatable bonds is 4. The molecule has 13 heavy (non-hydrogen) atoms. The maximum absolute atomic E-state index is 9.20. The lowest BCUT2D eigenvalue weighted by atomic mass is 9.89. The first-order chi connectivity index (χ1) is 6.23.